The third-order valence-corrected chi connectivity index (χ3v) is 7.62. The lowest BCUT2D eigenvalue weighted by molar-refractivity contribution is 0.0692. The van der Waals surface area contributed by atoms with Crippen molar-refractivity contribution in [2.45, 2.75) is 51.9 Å². The molecule has 1 aliphatic rings. The van der Waals surface area contributed by atoms with Crippen molar-refractivity contribution in [3.63, 3.8) is 0 Å². The van der Waals surface area contributed by atoms with Gasteiger partial charge in [-0.05, 0) is 64.6 Å². The van der Waals surface area contributed by atoms with Crippen molar-refractivity contribution < 1.29 is 35.1 Å². The normalized spacial score (nSPS) is 14.1. The van der Waals surface area contributed by atoms with Crippen molar-refractivity contribution in [1.29, 1.82) is 0 Å². The fourth-order valence-corrected chi connectivity index (χ4v) is 5.73. The Balaban J connectivity index is 1.86. The number of carbonyl (C=O) groups excluding carboxylic acids is 1. The Morgan fingerprint density at radius 3 is 2.27 bits per heavy atom. The molecule has 0 radical (unpaired) electrons. The second-order valence-corrected chi connectivity index (χ2v) is 10.3. The van der Waals surface area contributed by atoms with E-state index in [1.807, 2.05) is 0 Å². The summed E-state index contributed by atoms with van der Waals surface area (Å²) in [6.45, 7) is 5.67. The number of fused-ring (bicyclic) bond motifs is 5. The number of unbranched alkanes of at least 4 members (excludes halogenated alkanes) is 2. The first kappa shape index (κ1) is 24.4. The molecule has 4 aromatic rings. The number of ketones is 1. The van der Waals surface area contributed by atoms with Crippen molar-refractivity contribution in [3.05, 3.63) is 69.8 Å². The molecule has 0 amide bonds. The highest BCUT2D eigenvalue weighted by Crippen LogP contribution is 2.51. The van der Waals surface area contributed by atoms with Gasteiger partial charge in [-0.1, -0.05) is 39.7 Å². The fourth-order valence-electron chi connectivity index (χ4n) is 5.73. The number of phenols is 4. The van der Waals surface area contributed by atoms with Crippen LogP contribution in [-0.4, -0.2) is 37.3 Å². The number of benzene rings is 4. The van der Waals surface area contributed by atoms with Crippen LogP contribution in [0.3, 0.4) is 0 Å². The highest BCUT2D eigenvalue weighted by Gasteiger charge is 2.41. The van der Waals surface area contributed by atoms with Gasteiger partial charge in [0.05, 0.1) is 11.1 Å². The number of phenolic OH excluding ortho intramolecular Hbond substituents is 3. The summed E-state index contributed by atoms with van der Waals surface area (Å²) in [6, 6.07) is 9.31. The maximum Gasteiger partial charge on any atom is 0.339 e. The summed E-state index contributed by atoms with van der Waals surface area (Å²) in [6.07, 6.45) is 3.21. The number of carboxylic acids is 1. The molecule has 4 aromatic carbocycles. The van der Waals surface area contributed by atoms with Gasteiger partial charge in [0, 0.05) is 22.3 Å². The lowest BCUT2D eigenvalue weighted by Gasteiger charge is -2.35. The van der Waals surface area contributed by atoms with Crippen LogP contribution < -0.4 is 0 Å². The zero-order valence-electron chi connectivity index (χ0n) is 20.8. The number of hydrogen-bond acceptors (Lipinski definition) is 6. The van der Waals surface area contributed by atoms with Gasteiger partial charge in [0.1, 0.15) is 28.6 Å². The van der Waals surface area contributed by atoms with Crippen molar-refractivity contribution in [1.82, 2.24) is 0 Å². The summed E-state index contributed by atoms with van der Waals surface area (Å²) >= 11 is 0. The molecule has 0 aliphatic heterocycles. The third kappa shape index (κ3) is 3.49. The summed E-state index contributed by atoms with van der Waals surface area (Å²) in [5, 5.41) is 54.8. The van der Waals surface area contributed by atoms with E-state index in [0.717, 1.165) is 25.3 Å². The molecule has 7 nitrogen and oxygen atoms in total. The average Bonchev–Trinajstić information content (AvgIpc) is 2.81. The number of aromatic carboxylic acids is 1. The van der Waals surface area contributed by atoms with Crippen LogP contribution in [0.2, 0.25) is 0 Å². The van der Waals surface area contributed by atoms with Gasteiger partial charge in [-0.25, -0.2) is 4.79 Å². The molecule has 190 valence electrons. The molecule has 0 heterocycles. The summed E-state index contributed by atoms with van der Waals surface area (Å²) in [5.74, 6) is -3.08. The third-order valence-electron chi connectivity index (χ3n) is 7.62. The Kier molecular flexibility index (Phi) is 5.55. The molecule has 0 bridgehead atoms. The Morgan fingerprint density at radius 1 is 0.892 bits per heavy atom. The van der Waals surface area contributed by atoms with Gasteiger partial charge < -0.3 is 25.5 Å². The quantitative estimate of drug-likeness (QED) is 0.163. The van der Waals surface area contributed by atoms with Crippen LogP contribution in [-0.2, 0) is 11.8 Å². The lowest BCUT2D eigenvalue weighted by atomic mass is 9.75. The van der Waals surface area contributed by atoms with E-state index in [2.05, 4.69) is 6.92 Å². The molecule has 5 N–H and O–H groups in total. The van der Waals surface area contributed by atoms with E-state index in [9.17, 15) is 35.1 Å². The van der Waals surface area contributed by atoms with Gasteiger partial charge in [0.2, 0.25) is 5.78 Å². The molecule has 5 rings (SSSR count). The number of aryl methyl sites for hydroxylation is 1. The first-order chi connectivity index (χ1) is 17.5. The minimum Gasteiger partial charge on any atom is -0.508 e. The monoisotopic (exact) mass is 504 g/mol. The highest BCUT2D eigenvalue weighted by molar-refractivity contribution is 6.22. The van der Waals surface area contributed by atoms with E-state index in [1.165, 1.54) is 6.07 Å². The summed E-state index contributed by atoms with van der Waals surface area (Å²) < 4.78 is 0. The molecule has 0 atom stereocenters. The summed E-state index contributed by atoms with van der Waals surface area (Å²) in [5.41, 5.74) is 0.337. The van der Waals surface area contributed by atoms with E-state index in [-0.39, 0.29) is 50.5 Å². The second kappa shape index (κ2) is 8.40. The van der Waals surface area contributed by atoms with E-state index in [1.54, 1.807) is 38.1 Å². The van der Waals surface area contributed by atoms with E-state index < -0.39 is 17.2 Å². The Bertz CT molecular complexity index is 1650. The smallest absolute Gasteiger partial charge is 0.339 e. The van der Waals surface area contributed by atoms with Gasteiger partial charge in [0.25, 0.3) is 0 Å². The highest BCUT2D eigenvalue weighted by atomic mass is 16.4. The van der Waals surface area contributed by atoms with Crippen LogP contribution in [0, 0.1) is 0 Å². The molecule has 37 heavy (non-hydrogen) atoms. The standard InChI is InChI=1S/C30H28O7/c1-4-5-6-7-14-10-15-8-9-17-18(22(15)27(34)23(14)29(36)37)13-20-25(26(17)33)28(35)24-19(30(20,2)3)11-16(31)12-21(24)32/h8-13,31-34H,4-7H2,1-3H3,(H,36,37)/i2+2,3+2. The van der Waals surface area contributed by atoms with Crippen LogP contribution >= 0.6 is 0 Å². The zero-order valence-corrected chi connectivity index (χ0v) is 20.8. The Labute approximate surface area is 213 Å². The van der Waals surface area contributed by atoms with Crippen LogP contribution in [0.4, 0.5) is 0 Å². The number of hydrogen-bond donors (Lipinski definition) is 5. The van der Waals surface area contributed by atoms with Crippen LogP contribution in [0.1, 0.15) is 83.0 Å². The van der Waals surface area contributed by atoms with E-state index in [0.29, 0.717) is 33.9 Å². The molecule has 0 fully saturated rings. The predicted molar refractivity (Wildman–Crippen MR) is 140 cm³/mol. The second-order valence-electron chi connectivity index (χ2n) is 10.3. The fraction of sp³-hybridized carbons (Fsp3) is 0.267. The molecule has 0 spiro atoms. The van der Waals surface area contributed by atoms with Gasteiger partial charge >= 0.3 is 5.97 Å². The van der Waals surface area contributed by atoms with Crippen LogP contribution in [0.15, 0.2) is 36.4 Å². The molecule has 7 heteroatoms. The Morgan fingerprint density at radius 2 is 1.59 bits per heavy atom. The average molecular weight is 505 g/mol. The van der Waals surface area contributed by atoms with E-state index >= 15 is 0 Å². The predicted octanol–water partition coefficient (Wildman–Crippen LogP) is 6.12. The molecule has 0 saturated heterocycles. The maximum atomic E-state index is 13.5. The molecule has 0 aromatic heterocycles. The topological polar surface area (TPSA) is 135 Å². The minimum atomic E-state index is -1.24. The number of rotatable bonds is 5. The van der Waals surface area contributed by atoms with Crippen LogP contribution in [0.5, 0.6) is 23.0 Å². The minimum absolute atomic E-state index is 0.0125. The van der Waals surface area contributed by atoms with E-state index in [4.69, 9.17) is 0 Å². The largest absolute Gasteiger partial charge is 0.508 e. The lowest BCUT2D eigenvalue weighted by Crippen LogP contribution is -2.30. The summed E-state index contributed by atoms with van der Waals surface area (Å²) in [7, 11) is 0. The molecule has 1 aliphatic carbocycles. The molecule has 0 unspecified atom stereocenters. The van der Waals surface area contributed by atoms with Gasteiger partial charge in [0.15, 0.2) is 0 Å². The number of aromatic hydroxyl groups is 4. The van der Waals surface area contributed by atoms with Crippen LogP contribution in [0.25, 0.3) is 21.5 Å². The first-order valence-corrected chi connectivity index (χ1v) is 12.3. The Hall–Kier alpha value is -4.26. The SMILES string of the molecule is CCCCCc1cc2ccc3c(O)c4c(cc3c2c(O)c1C(=O)O)C([14CH3])([14CH3])c1cc(O)cc(O)c1C4=O. The molecular formula is C30H28O7. The number of carboxylic acid groups (broad SMARTS) is 1. The van der Waals surface area contributed by atoms with Crippen molar-refractivity contribution in [2.24, 2.45) is 0 Å². The van der Waals surface area contributed by atoms with Crippen molar-refractivity contribution in [2.75, 3.05) is 0 Å². The van der Waals surface area contributed by atoms with Crippen molar-refractivity contribution in [3.8, 4) is 23.0 Å². The number of carbonyl (C=O) groups is 2. The van der Waals surface area contributed by atoms with Gasteiger partial charge in [-0.3, -0.25) is 4.79 Å². The molecular weight excluding hydrogens is 476 g/mol. The van der Waals surface area contributed by atoms with Crippen molar-refractivity contribution >= 4 is 33.3 Å². The van der Waals surface area contributed by atoms with Gasteiger partial charge in [-0.15, -0.1) is 0 Å². The zero-order chi connectivity index (χ0) is 26.8. The van der Waals surface area contributed by atoms with Gasteiger partial charge in [-0.2, -0.15) is 0 Å². The molecule has 0 saturated carbocycles. The summed E-state index contributed by atoms with van der Waals surface area (Å²) in [4.78, 5) is 25.7. The maximum absolute atomic E-state index is 13.5. The first-order valence-electron chi connectivity index (χ1n) is 12.3.